The van der Waals surface area contributed by atoms with Gasteiger partial charge >= 0.3 is 0 Å². The van der Waals surface area contributed by atoms with Crippen molar-refractivity contribution in [2.75, 3.05) is 18.4 Å². The number of hydrogen-bond donors (Lipinski definition) is 2. The van der Waals surface area contributed by atoms with Gasteiger partial charge in [-0.05, 0) is 44.9 Å². The maximum absolute atomic E-state index is 12.2. The van der Waals surface area contributed by atoms with E-state index >= 15 is 0 Å². The summed E-state index contributed by atoms with van der Waals surface area (Å²) in [6.07, 6.45) is 5.39. The molecule has 1 aliphatic heterocycles. The number of hydrogen-bond acceptors (Lipinski definition) is 5. The van der Waals surface area contributed by atoms with E-state index in [1.54, 1.807) is 0 Å². The molecule has 2 fully saturated rings. The highest BCUT2D eigenvalue weighted by Gasteiger charge is 2.29. The Labute approximate surface area is 166 Å². The van der Waals surface area contributed by atoms with Gasteiger partial charge in [0, 0.05) is 48.4 Å². The van der Waals surface area contributed by atoms with Crippen LogP contribution in [0.5, 0.6) is 0 Å². The Balaban J connectivity index is 1.43. The lowest BCUT2D eigenvalue weighted by Crippen LogP contribution is -2.41. The van der Waals surface area contributed by atoms with Crippen molar-refractivity contribution in [2.24, 2.45) is 11.8 Å². The van der Waals surface area contributed by atoms with Gasteiger partial charge in [0.05, 0.1) is 0 Å². The van der Waals surface area contributed by atoms with Gasteiger partial charge in [0.1, 0.15) is 11.6 Å². The van der Waals surface area contributed by atoms with E-state index < -0.39 is 0 Å². The smallest absolute Gasteiger partial charge is 0.225 e. The van der Waals surface area contributed by atoms with Gasteiger partial charge in [-0.15, -0.1) is 0 Å². The average Bonchev–Trinajstić information content (AvgIpc) is 3.44. The van der Waals surface area contributed by atoms with Crippen LogP contribution in [-0.4, -0.2) is 44.1 Å². The lowest BCUT2D eigenvalue weighted by molar-refractivity contribution is -0.135. The molecule has 2 aromatic rings. The molecule has 1 saturated heterocycles. The number of aromatic nitrogens is 4. The molecular weight excluding hydrogens is 352 g/mol. The second-order valence-corrected chi connectivity index (χ2v) is 8.57. The Morgan fingerprint density at radius 1 is 1.18 bits per heavy atom. The molecule has 7 heteroatoms. The molecule has 1 saturated carbocycles. The van der Waals surface area contributed by atoms with Gasteiger partial charge in [-0.2, -0.15) is 5.10 Å². The lowest BCUT2D eigenvalue weighted by Gasteiger charge is -2.33. The third-order valence-electron chi connectivity index (χ3n) is 5.62. The Kier molecular flexibility index (Phi) is 5.33. The summed E-state index contributed by atoms with van der Waals surface area (Å²) in [5.74, 6) is 4.00. The quantitative estimate of drug-likeness (QED) is 0.798. The van der Waals surface area contributed by atoms with Gasteiger partial charge in [-0.3, -0.25) is 9.89 Å². The Morgan fingerprint density at radius 2 is 1.93 bits per heavy atom. The van der Waals surface area contributed by atoms with Crippen molar-refractivity contribution in [3.63, 3.8) is 0 Å². The molecule has 1 amide bonds. The molecule has 0 unspecified atom stereocenters. The van der Waals surface area contributed by atoms with Crippen molar-refractivity contribution in [1.29, 1.82) is 0 Å². The van der Waals surface area contributed by atoms with Crippen LogP contribution in [0, 0.1) is 18.8 Å². The number of nitrogens with one attached hydrogen (secondary N) is 2. The minimum absolute atomic E-state index is 0.0822. The maximum atomic E-state index is 12.2. The predicted molar refractivity (Wildman–Crippen MR) is 108 cm³/mol. The van der Waals surface area contributed by atoms with E-state index in [2.05, 4.69) is 21.6 Å². The van der Waals surface area contributed by atoms with Crippen LogP contribution in [-0.2, 0) is 11.2 Å². The van der Waals surface area contributed by atoms with Crippen molar-refractivity contribution >= 4 is 17.5 Å². The van der Waals surface area contributed by atoms with Gasteiger partial charge in [0.2, 0.25) is 5.91 Å². The van der Waals surface area contributed by atoms with Crippen LogP contribution in [0.25, 0.3) is 0 Å². The molecular formula is C21H30N6O. The van der Waals surface area contributed by atoms with Crippen LogP contribution in [0.2, 0.25) is 0 Å². The molecule has 0 bridgehead atoms. The van der Waals surface area contributed by atoms with E-state index in [1.165, 1.54) is 12.8 Å². The number of amides is 1. The summed E-state index contributed by atoms with van der Waals surface area (Å²) >= 11 is 0. The first-order valence-corrected chi connectivity index (χ1v) is 10.4. The SMILES string of the molecule is Cc1cc(Nc2cc(CC3CCN(C(=O)C(C)C)CC3)nc(C3CC3)n2)n[nH]1. The maximum Gasteiger partial charge on any atom is 0.225 e. The molecule has 0 radical (unpaired) electrons. The number of aryl methyl sites for hydroxylation is 1. The van der Waals surface area contributed by atoms with E-state index in [9.17, 15) is 4.79 Å². The molecule has 2 N–H and O–H groups in total. The van der Waals surface area contributed by atoms with E-state index in [-0.39, 0.29) is 11.8 Å². The van der Waals surface area contributed by atoms with Crippen molar-refractivity contribution < 1.29 is 4.79 Å². The van der Waals surface area contributed by atoms with Crippen molar-refractivity contribution in [3.8, 4) is 0 Å². The monoisotopic (exact) mass is 382 g/mol. The van der Waals surface area contributed by atoms with Gasteiger partial charge < -0.3 is 10.2 Å². The van der Waals surface area contributed by atoms with Gasteiger partial charge in [0.25, 0.3) is 0 Å². The first-order valence-electron chi connectivity index (χ1n) is 10.4. The van der Waals surface area contributed by atoms with Crippen molar-refractivity contribution in [1.82, 2.24) is 25.1 Å². The molecule has 3 heterocycles. The number of likely N-dealkylation sites (tertiary alicyclic amines) is 1. The first-order chi connectivity index (χ1) is 13.5. The van der Waals surface area contributed by atoms with E-state index in [0.717, 1.165) is 61.2 Å². The fourth-order valence-electron chi connectivity index (χ4n) is 3.84. The fraction of sp³-hybridized carbons (Fsp3) is 0.619. The average molecular weight is 383 g/mol. The van der Waals surface area contributed by atoms with Crippen LogP contribution in [0.1, 0.15) is 62.7 Å². The number of carbonyl (C=O) groups is 1. The van der Waals surface area contributed by atoms with Crippen LogP contribution in [0.3, 0.4) is 0 Å². The van der Waals surface area contributed by atoms with Gasteiger partial charge in [-0.1, -0.05) is 13.8 Å². The normalized spacial score (nSPS) is 17.9. The number of aromatic amines is 1. The summed E-state index contributed by atoms with van der Waals surface area (Å²) in [6, 6.07) is 4.03. The summed E-state index contributed by atoms with van der Waals surface area (Å²) in [4.78, 5) is 23.8. The third kappa shape index (κ3) is 4.51. The van der Waals surface area contributed by atoms with Gasteiger partial charge in [0.15, 0.2) is 5.82 Å². The zero-order valence-corrected chi connectivity index (χ0v) is 17.0. The van der Waals surface area contributed by atoms with E-state index in [1.807, 2.05) is 31.7 Å². The van der Waals surface area contributed by atoms with Crippen molar-refractivity contribution in [3.05, 3.63) is 29.3 Å². The Hall–Kier alpha value is -2.44. The van der Waals surface area contributed by atoms with Crippen LogP contribution >= 0.6 is 0 Å². The molecule has 0 aromatic carbocycles. The van der Waals surface area contributed by atoms with E-state index in [0.29, 0.717) is 11.8 Å². The largest absolute Gasteiger partial charge is 0.342 e. The van der Waals surface area contributed by atoms with Crippen LogP contribution < -0.4 is 5.32 Å². The molecule has 4 rings (SSSR count). The zero-order valence-electron chi connectivity index (χ0n) is 17.0. The number of H-pyrrole nitrogens is 1. The highest BCUT2D eigenvalue weighted by molar-refractivity contribution is 5.78. The standard InChI is InChI=1S/C21H30N6O/c1-13(2)21(28)27-8-6-15(7-9-27)11-17-12-18(23-19-10-14(3)25-26-19)24-20(22-17)16-4-5-16/h10,12-13,15-16H,4-9,11H2,1-3H3,(H2,22,23,24,25,26). The minimum Gasteiger partial charge on any atom is -0.342 e. The third-order valence-corrected chi connectivity index (χ3v) is 5.62. The summed E-state index contributed by atoms with van der Waals surface area (Å²) in [5.41, 5.74) is 2.11. The molecule has 2 aromatic heterocycles. The number of carbonyl (C=O) groups excluding carboxylic acids is 1. The molecule has 150 valence electrons. The summed E-state index contributed by atoms with van der Waals surface area (Å²) in [5, 5.41) is 10.5. The zero-order chi connectivity index (χ0) is 19.7. The molecule has 0 spiro atoms. The van der Waals surface area contributed by atoms with Gasteiger partial charge in [-0.25, -0.2) is 9.97 Å². The highest BCUT2D eigenvalue weighted by atomic mass is 16.2. The first kappa shape index (κ1) is 18.9. The summed E-state index contributed by atoms with van der Waals surface area (Å²) in [7, 11) is 0. The Morgan fingerprint density at radius 3 is 2.54 bits per heavy atom. The minimum atomic E-state index is 0.0822. The number of nitrogens with zero attached hydrogens (tertiary/aromatic N) is 4. The lowest BCUT2D eigenvalue weighted by atomic mass is 9.91. The molecule has 0 atom stereocenters. The molecule has 1 aliphatic carbocycles. The molecule has 28 heavy (non-hydrogen) atoms. The highest BCUT2D eigenvalue weighted by Crippen LogP contribution is 2.39. The number of rotatable bonds is 6. The second kappa shape index (κ2) is 7.89. The fourth-order valence-corrected chi connectivity index (χ4v) is 3.84. The topological polar surface area (TPSA) is 86.8 Å². The number of anilines is 2. The summed E-state index contributed by atoms with van der Waals surface area (Å²) in [6.45, 7) is 7.66. The van der Waals surface area contributed by atoms with Crippen molar-refractivity contribution in [2.45, 2.75) is 58.8 Å². The molecule has 7 nitrogen and oxygen atoms in total. The summed E-state index contributed by atoms with van der Waals surface area (Å²) < 4.78 is 0. The van der Waals surface area contributed by atoms with Crippen LogP contribution in [0.15, 0.2) is 12.1 Å². The number of piperidine rings is 1. The van der Waals surface area contributed by atoms with Crippen LogP contribution in [0.4, 0.5) is 11.6 Å². The predicted octanol–water partition coefficient (Wildman–Crippen LogP) is 3.57. The van der Waals surface area contributed by atoms with E-state index in [4.69, 9.17) is 9.97 Å². The second-order valence-electron chi connectivity index (χ2n) is 8.57. The Bertz CT molecular complexity index is 833. The molecule has 2 aliphatic rings.